The molecule has 22 heavy (non-hydrogen) atoms. The normalized spacial score (nSPS) is 13.3. The summed E-state index contributed by atoms with van der Waals surface area (Å²) >= 11 is 6.00. The summed E-state index contributed by atoms with van der Waals surface area (Å²) in [6.45, 7) is 6.22. The van der Waals surface area contributed by atoms with Crippen molar-refractivity contribution < 1.29 is 8.42 Å². The molecule has 0 aliphatic rings. The van der Waals surface area contributed by atoms with Crippen molar-refractivity contribution in [3.05, 3.63) is 29.5 Å². The Balaban J connectivity index is 2.43. The highest BCUT2D eigenvalue weighted by molar-refractivity contribution is 7.91. The average Bonchev–Trinajstić information content (AvgIpc) is 2.47. The van der Waals surface area contributed by atoms with E-state index in [9.17, 15) is 8.42 Å². The number of hydrogen-bond acceptors (Lipinski definition) is 5. The quantitative estimate of drug-likeness (QED) is 0.808. The van der Waals surface area contributed by atoms with Gasteiger partial charge in [0.2, 0.25) is 0 Å². The number of anilines is 1. The van der Waals surface area contributed by atoms with Crippen LogP contribution in [0.5, 0.6) is 0 Å². The molecule has 1 atom stereocenters. The third-order valence-corrected chi connectivity index (χ3v) is 5.76. The van der Waals surface area contributed by atoms with Crippen molar-refractivity contribution in [2.45, 2.75) is 26.8 Å². The predicted molar refractivity (Wildman–Crippen MR) is 91.4 cm³/mol. The second kappa shape index (κ2) is 6.79. The van der Waals surface area contributed by atoms with Gasteiger partial charge in [-0.1, -0.05) is 18.5 Å². The van der Waals surface area contributed by atoms with Crippen LogP contribution in [0.2, 0.25) is 5.02 Å². The standard InChI is InChI=1S/C15H20ClN3O2S/c1-4-19(11(3)9-22(20,21)5-2)15-13-7-6-12(16)8-14(13)17-10-18-15/h6-8,10-11H,4-5,9H2,1-3H3. The van der Waals surface area contributed by atoms with Gasteiger partial charge in [0.1, 0.15) is 12.1 Å². The van der Waals surface area contributed by atoms with Crippen LogP contribution in [0.25, 0.3) is 10.9 Å². The molecular weight excluding hydrogens is 322 g/mol. The third-order valence-electron chi connectivity index (χ3n) is 3.66. The minimum atomic E-state index is -3.05. The monoisotopic (exact) mass is 341 g/mol. The molecule has 0 aliphatic carbocycles. The summed E-state index contributed by atoms with van der Waals surface area (Å²) in [4.78, 5) is 10.6. The van der Waals surface area contributed by atoms with Crippen LogP contribution in [-0.4, -0.2) is 42.5 Å². The molecule has 0 saturated carbocycles. The van der Waals surface area contributed by atoms with Gasteiger partial charge in [0.25, 0.3) is 0 Å². The minimum absolute atomic E-state index is 0.108. The Hall–Kier alpha value is -1.40. The van der Waals surface area contributed by atoms with Gasteiger partial charge in [0.05, 0.1) is 11.3 Å². The molecule has 2 rings (SSSR count). The molecule has 1 aromatic heterocycles. The zero-order chi connectivity index (χ0) is 16.3. The fraction of sp³-hybridized carbons (Fsp3) is 0.467. The zero-order valence-electron chi connectivity index (χ0n) is 13.0. The number of hydrogen-bond donors (Lipinski definition) is 0. The van der Waals surface area contributed by atoms with E-state index in [-0.39, 0.29) is 17.5 Å². The number of benzene rings is 1. The fourth-order valence-corrected chi connectivity index (χ4v) is 3.81. The van der Waals surface area contributed by atoms with E-state index in [2.05, 4.69) is 9.97 Å². The molecule has 5 nitrogen and oxygen atoms in total. The molecule has 0 fully saturated rings. The summed E-state index contributed by atoms with van der Waals surface area (Å²) in [5, 5.41) is 1.48. The largest absolute Gasteiger partial charge is 0.353 e. The number of rotatable bonds is 6. The highest BCUT2D eigenvalue weighted by Crippen LogP contribution is 2.26. The lowest BCUT2D eigenvalue weighted by Gasteiger charge is -2.29. The zero-order valence-corrected chi connectivity index (χ0v) is 14.5. The van der Waals surface area contributed by atoms with E-state index >= 15 is 0 Å². The lowest BCUT2D eigenvalue weighted by molar-refractivity contribution is 0.585. The van der Waals surface area contributed by atoms with Gasteiger partial charge in [-0.05, 0) is 32.0 Å². The van der Waals surface area contributed by atoms with Gasteiger partial charge >= 0.3 is 0 Å². The smallest absolute Gasteiger partial charge is 0.152 e. The summed E-state index contributed by atoms with van der Waals surface area (Å²) < 4.78 is 23.8. The van der Waals surface area contributed by atoms with E-state index in [1.54, 1.807) is 19.1 Å². The van der Waals surface area contributed by atoms with Gasteiger partial charge in [0.15, 0.2) is 9.84 Å². The molecule has 0 saturated heterocycles. The Bertz CT molecular complexity index is 764. The predicted octanol–water partition coefficient (Wildman–Crippen LogP) is 2.93. The van der Waals surface area contributed by atoms with Gasteiger partial charge in [-0.25, -0.2) is 18.4 Å². The van der Waals surface area contributed by atoms with E-state index in [1.165, 1.54) is 6.33 Å². The summed E-state index contributed by atoms with van der Waals surface area (Å²) in [6.07, 6.45) is 1.48. The second-order valence-electron chi connectivity index (χ2n) is 5.19. The maximum atomic E-state index is 11.9. The topological polar surface area (TPSA) is 63.2 Å². The van der Waals surface area contributed by atoms with E-state index in [1.807, 2.05) is 24.8 Å². The van der Waals surface area contributed by atoms with Crippen LogP contribution in [0.1, 0.15) is 20.8 Å². The third kappa shape index (κ3) is 3.67. The molecule has 1 heterocycles. The van der Waals surface area contributed by atoms with E-state index in [4.69, 9.17) is 11.6 Å². The molecular formula is C15H20ClN3O2S. The van der Waals surface area contributed by atoms with Crippen LogP contribution in [0.15, 0.2) is 24.5 Å². The SMILES string of the molecule is CCN(c1ncnc2cc(Cl)ccc12)C(C)CS(=O)(=O)CC. The first-order valence-corrected chi connectivity index (χ1v) is 9.45. The lowest BCUT2D eigenvalue weighted by Crippen LogP contribution is -2.39. The number of halogens is 1. The van der Waals surface area contributed by atoms with Crippen molar-refractivity contribution in [3.63, 3.8) is 0 Å². The first kappa shape index (κ1) is 17.0. The lowest BCUT2D eigenvalue weighted by atomic mass is 10.2. The molecule has 0 N–H and O–H groups in total. The van der Waals surface area contributed by atoms with E-state index in [0.717, 1.165) is 16.7 Å². The maximum absolute atomic E-state index is 11.9. The number of nitrogens with zero attached hydrogens (tertiary/aromatic N) is 3. The van der Waals surface area contributed by atoms with Crippen LogP contribution in [0, 0.1) is 0 Å². The van der Waals surface area contributed by atoms with Crippen LogP contribution in [0.4, 0.5) is 5.82 Å². The van der Waals surface area contributed by atoms with Crippen LogP contribution < -0.4 is 4.90 Å². The molecule has 0 bridgehead atoms. The molecule has 0 amide bonds. The summed E-state index contributed by atoms with van der Waals surface area (Å²) in [7, 11) is -3.05. The Morgan fingerprint density at radius 2 is 2.00 bits per heavy atom. The second-order valence-corrected chi connectivity index (χ2v) is 8.03. The molecule has 0 radical (unpaired) electrons. The Morgan fingerprint density at radius 1 is 1.27 bits per heavy atom. The number of fused-ring (bicyclic) bond motifs is 1. The summed E-state index contributed by atoms with van der Waals surface area (Å²) in [5.74, 6) is 0.994. The van der Waals surface area contributed by atoms with Crippen molar-refractivity contribution in [2.75, 3.05) is 23.0 Å². The minimum Gasteiger partial charge on any atom is -0.353 e. The molecule has 0 spiro atoms. The van der Waals surface area contributed by atoms with E-state index < -0.39 is 9.84 Å². The van der Waals surface area contributed by atoms with Crippen molar-refractivity contribution in [3.8, 4) is 0 Å². The van der Waals surface area contributed by atoms with E-state index in [0.29, 0.717) is 11.6 Å². The number of sulfone groups is 1. The fourth-order valence-electron chi connectivity index (χ4n) is 2.49. The highest BCUT2D eigenvalue weighted by atomic mass is 35.5. The van der Waals surface area contributed by atoms with Crippen LogP contribution >= 0.6 is 11.6 Å². The van der Waals surface area contributed by atoms with Gasteiger partial charge in [0, 0.05) is 28.7 Å². The Morgan fingerprint density at radius 3 is 2.64 bits per heavy atom. The molecule has 0 aliphatic heterocycles. The first-order valence-electron chi connectivity index (χ1n) is 7.25. The Kier molecular flexibility index (Phi) is 5.24. The molecule has 1 unspecified atom stereocenters. The summed E-state index contributed by atoms with van der Waals surface area (Å²) in [6, 6.07) is 5.28. The molecule has 2 aromatic rings. The molecule has 7 heteroatoms. The average molecular weight is 342 g/mol. The van der Waals surface area contributed by atoms with Crippen molar-refractivity contribution in [2.24, 2.45) is 0 Å². The van der Waals surface area contributed by atoms with Crippen molar-refractivity contribution in [1.29, 1.82) is 0 Å². The number of aromatic nitrogens is 2. The first-order chi connectivity index (χ1) is 10.4. The van der Waals surface area contributed by atoms with Crippen LogP contribution in [0.3, 0.4) is 0 Å². The maximum Gasteiger partial charge on any atom is 0.152 e. The van der Waals surface area contributed by atoms with Crippen molar-refractivity contribution in [1.82, 2.24) is 9.97 Å². The molecule has 120 valence electrons. The Labute approximate surface area is 136 Å². The summed E-state index contributed by atoms with van der Waals surface area (Å²) in [5.41, 5.74) is 0.751. The van der Waals surface area contributed by atoms with Gasteiger partial charge < -0.3 is 4.90 Å². The van der Waals surface area contributed by atoms with Gasteiger partial charge in [-0.3, -0.25) is 0 Å². The van der Waals surface area contributed by atoms with Gasteiger partial charge in [-0.15, -0.1) is 0 Å². The molecule has 1 aromatic carbocycles. The van der Waals surface area contributed by atoms with Gasteiger partial charge in [-0.2, -0.15) is 0 Å². The van der Waals surface area contributed by atoms with Crippen molar-refractivity contribution >= 4 is 38.2 Å². The van der Waals surface area contributed by atoms with Crippen LogP contribution in [-0.2, 0) is 9.84 Å². The highest BCUT2D eigenvalue weighted by Gasteiger charge is 2.22.